The van der Waals surface area contributed by atoms with E-state index in [0.29, 0.717) is 12.2 Å². The molecule has 5 heteroatoms. The van der Waals surface area contributed by atoms with Crippen LogP contribution in [0.3, 0.4) is 0 Å². The molecule has 31 heavy (non-hydrogen) atoms. The fourth-order valence-electron chi connectivity index (χ4n) is 3.29. The van der Waals surface area contributed by atoms with Crippen molar-refractivity contribution in [3.63, 3.8) is 0 Å². The number of hydrogen-bond acceptors (Lipinski definition) is 4. The van der Waals surface area contributed by atoms with Crippen LogP contribution in [0.2, 0.25) is 0 Å². The Kier molecular flexibility index (Phi) is 15.9. The van der Waals surface area contributed by atoms with Gasteiger partial charge in [0.1, 0.15) is 6.54 Å². The van der Waals surface area contributed by atoms with Crippen LogP contribution < -0.4 is 10.6 Å². The number of amides is 1. The maximum Gasteiger partial charge on any atom is 0.325 e. The molecule has 0 aromatic heterocycles. The first-order chi connectivity index (χ1) is 15.2. The third-order valence-electron chi connectivity index (χ3n) is 5.11. The summed E-state index contributed by atoms with van der Waals surface area (Å²) in [5.41, 5.74) is 1.52. The lowest BCUT2D eigenvalue weighted by atomic mass is 10.1. The number of nitrogens with one attached hydrogen (secondary N) is 2. The summed E-state index contributed by atoms with van der Waals surface area (Å²) in [6.45, 7) is 5.10. The molecule has 2 N–H and O–H groups in total. The van der Waals surface area contributed by atoms with Crippen molar-refractivity contribution in [2.75, 3.05) is 25.0 Å². The van der Waals surface area contributed by atoms with E-state index in [1.54, 1.807) is 19.1 Å². The van der Waals surface area contributed by atoms with Gasteiger partial charge in [0.2, 0.25) is 0 Å². The van der Waals surface area contributed by atoms with Crippen LogP contribution >= 0.6 is 0 Å². The van der Waals surface area contributed by atoms with Crippen molar-refractivity contribution < 1.29 is 14.3 Å². The van der Waals surface area contributed by atoms with Crippen LogP contribution in [0.15, 0.2) is 36.4 Å². The van der Waals surface area contributed by atoms with Gasteiger partial charge in [0.25, 0.3) is 5.91 Å². The first kappa shape index (κ1) is 26.7. The van der Waals surface area contributed by atoms with Gasteiger partial charge in [-0.05, 0) is 56.9 Å². The largest absolute Gasteiger partial charge is 0.465 e. The summed E-state index contributed by atoms with van der Waals surface area (Å²) in [5.74, 6) is -0.706. The summed E-state index contributed by atoms with van der Waals surface area (Å²) in [6.07, 6.45) is 18.9. The highest BCUT2D eigenvalue weighted by atomic mass is 16.5. The fraction of sp³-hybridized carbons (Fsp3) is 0.615. The molecule has 0 aliphatic heterocycles. The van der Waals surface area contributed by atoms with E-state index in [0.717, 1.165) is 25.1 Å². The Labute approximate surface area is 189 Å². The number of unbranched alkanes of at least 4 members (excludes halogenated alkanes) is 9. The highest BCUT2D eigenvalue weighted by Crippen LogP contribution is 2.11. The van der Waals surface area contributed by atoms with E-state index < -0.39 is 5.97 Å². The van der Waals surface area contributed by atoms with Crippen molar-refractivity contribution in [3.8, 4) is 0 Å². The minimum Gasteiger partial charge on any atom is -0.465 e. The molecule has 174 valence electrons. The molecular formula is C26H42N2O3. The Hall–Kier alpha value is -2.30. The monoisotopic (exact) mass is 430 g/mol. The van der Waals surface area contributed by atoms with E-state index in [1.807, 2.05) is 12.1 Å². The van der Waals surface area contributed by atoms with Crippen molar-refractivity contribution in [2.45, 2.75) is 84.5 Å². The first-order valence-electron chi connectivity index (χ1n) is 12.1. The third kappa shape index (κ3) is 14.4. The summed E-state index contributed by atoms with van der Waals surface area (Å²) >= 11 is 0. The lowest BCUT2D eigenvalue weighted by Crippen LogP contribution is -2.30. The molecule has 0 fully saturated rings. The molecule has 1 amide bonds. The number of ether oxygens (including phenoxy) is 1. The third-order valence-corrected chi connectivity index (χ3v) is 5.11. The van der Waals surface area contributed by atoms with Gasteiger partial charge in [-0.3, -0.25) is 9.59 Å². The van der Waals surface area contributed by atoms with E-state index in [2.05, 4.69) is 29.7 Å². The average Bonchev–Trinajstić information content (AvgIpc) is 2.78. The average molecular weight is 431 g/mol. The first-order valence-corrected chi connectivity index (χ1v) is 12.1. The van der Waals surface area contributed by atoms with Gasteiger partial charge in [-0.25, -0.2) is 0 Å². The SMILES string of the molecule is CCCCCCCCCC/C=C/CCCNc1ccc(C(=O)NCC(=O)OCC)cc1. The molecule has 0 spiro atoms. The number of allylic oxidation sites excluding steroid dienone is 2. The molecule has 1 aromatic rings. The maximum absolute atomic E-state index is 12.0. The van der Waals surface area contributed by atoms with Crippen LogP contribution in [-0.2, 0) is 9.53 Å². The number of esters is 1. The number of carbonyl (C=O) groups excluding carboxylic acids is 2. The van der Waals surface area contributed by atoms with Gasteiger partial charge in [-0.1, -0.05) is 64.0 Å². The smallest absolute Gasteiger partial charge is 0.325 e. The summed E-state index contributed by atoms with van der Waals surface area (Å²) in [7, 11) is 0. The predicted molar refractivity (Wildman–Crippen MR) is 129 cm³/mol. The van der Waals surface area contributed by atoms with Crippen LogP contribution in [0.25, 0.3) is 0 Å². The zero-order chi connectivity index (χ0) is 22.6. The summed E-state index contributed by atoms with van der Waals surface area (Å²) in [5, 5.41) is 5.94. The molecule has 0 aliphatic carbocycles. The van der Waals surface area contributed by atoms with Crippen molar-refractivity contribution in [2.24, 2.45) is 0 Å². The van der Waals surface area contributed by atoms with Crippen molar-refractivity contribution in [1.29, 1.82) is 0 Å². The van der Waals surface area contributed by atoms with Crippen LogP contribution in [0, 0.1) is 0 Å². The van der Waals surface area contributed by atoms with Gasteiger partial charge in [0.05, 0.1) is 6.61 Å². The molecule has 5 nitrogen and oxygen atoms in total. The lowest BCUT2D eigenvalue weighted by Gasteiger charge is -2.08. The Bertz CT molecular complexity index is 626. The van der Waals surface area contributed by atoms with Gasteiger partial charge in [0.15, 0.2) is 0 Å². The molecule has 0 saturated carbocycles. The molecule has 0 radical (unpaired) electrons. The topological polar surface area (TPSA) is 67.4 Å². The number of anilines is 1. The van der Waals surface area contributed by atoms with Crippen molar-refractivity contribution in [1.82, 2.24) is 5.32 Å². The molecule has 0 unspecified atom stereocenters. The van der Waals surface area contributed by atoms with E-state index in [4.69, 9.17) is 4.74 Å². The Morgan fingerprint density at radius 2 is 1.45 bits per heavy atom. The molecule has 1 rings (SSSR count). The second-order valence-corrected chi connectivity index (χ2v) is 7.87. The van der Waals surface area contributed by atoms with E-state index >= 15 is 0 Å². The van der Waals surface area contributed by atoms with Crippen molar-refractivity contribution >= 4 is 17.6 Å². The van der Waals surface area contributed by atoms with E-state index in [1.165, 1.54) is 57.8 Å². The number of hydrogen-bond donors (Lipinski definition) is 2. The van der Waals surface area contributed by atoms with Crippen LogP contribution in [0.5, 0.6) is 0 Å². The highest BCUT2D eigenvalue weighted by molar-refractivity contribution is 5.96. The standard InChI is InChI=1S/C26H42N2O3/c1-3-5-6-7-8-9-10-11-12-13-14-15-16-21-27-24-19-17-23(18-20-24)26(30)28-22-25(29)31-4-2/h13-14,17-20,27H,3-12,15-16,21-22H2,1-2H3,(H,28,30)/b14-13+. The van der Waals surface area contributed by atoms with Crippen LogP contribution in [0.4, 0.5) is 5.69 Å². The molecule has 1 aromatic carbocycles. The molecule has 0 heterocycles. The van der Waals surface area contributed by atoms with Crippen LogP contribution in [0.1, 0.15) is 94.8 Å². The van der Waals surface area contributed by atoms with Gasteiger partial charge in [-0.15, -0.1) is 0 Å². The molecule has 0 saturated heterocycles. The maximum atomic E-state index is 12.0. The Morgan fingerprint density at radius 3 is 2.10 bits per heavy atom. The van der Waals surface area contributed by atoms with Gasteiger partial charge in [-0.2, -0.15) is 0 Å². The normalized spacial score (nSPS) is 10.9. The number of benzene rings is 1. The molecule has 0 bridgehead atoms. The number of rotatable bonds is 18. The minimum absolute atomic E-state index is 0.112. The summed E-state index contributed by atoms with van der Waals surface area (Å²) in [6, 6.07) is 7.29. The second kappa shape index (κ2) is 18.5. The Morgan fingerprint density at radius 1 is 0.839 bits per heavy atom. The molecule has 0 atom stereocenters. The second-order valence-electron chi connectivity index (χ2n) is 7.87. The van der Waals surface area contributed by atoms with E-state index in [9.17, 15) is 9.59 Å². The zero-order valence-corrected chi connectivity index (χ0v) is 19.6. The van der Waals surface area contributed by atoms with Crippen LogP contribution in [-0.4, -0.2) is 31.6 Å². The zero-order valence-electron chi connectivity index (χ0n) is 19.6. The minimum atomic E-state index is -0.430. The van der Waals surface area contributed by atoms with Crippen molar-refractivity contribution in [3.05, 3.63) is 42.0 Å². The summed E-state index contributed by atoms with van der Waals surface area (Å²) in [4.78, 5) is 23.3. The predicted octanol–water partition coefficient (Wildman–Crippen LogP) is 6.26. The van der Waals surface area contributed by atoms with Gasteiger partial charge in [0, 0.05) is 17.8 Å². The molecular weight excluding hydrogens is 388 g/mol. The Balaban J connectivity index is 2.05. The van der Waals surface area contributed by atoms with Gasteiger partial charge < -0.3 is 15.4 Å². The van der Waals surface area contributed by atoms with Gasteiger partial charge >= 0.3 is 5.97 Å². The highest BCUT2D eigenvalue weighted by Gasteiger charge is 2.08. The number of carbonyl (C=O) groups is 2. The summed E-state index contributed by atoms with van der Waals surface area (Å²) < 4.78 is 4.79. The van der Waals surface area contributed by atoms with E-state index in [-0.39, 0.29) is 12.5 Å². The lowest BCUT2D eigenvalue weighted by molar-refractivity contribution is -0.141. The quantitative estimate of drug-likeness (QED) is 0.164. The fourth-order valence-corrected chi connectivity index (χ4v) is 3.29. The molecule has 0 aliphatic rings.